The van der Waals surface area contributed by atoms with Crippen molar-refractivity contribution in [2.24, 2.45) is 0 Å². The van der Waals surface area contributed by atoms with Crippen LogP contribution in [0.15, 0.2) is 12.1 Å². The Morgan fingerprint density at radius 1 is 1.33 bits per heavy atom. The highest BCUT2D eigenvalue weighted by molar-refractivity contribution is 6.43. The van der Waals surface area contributed by atoms with Gasteiger partial charge in [-0.1, -0.05) is 23.2 Å². The van der Waals surface area contributed by atoms with Gasteiger partial charge >= 0.3 is 0 Å². The van der Waals surface area contributed by atoms with Crippen molar-refractivity contribution in [2.75, 3.05) is 12.3 Å². The van der Waals surface area contributed by atoms with E-state index in [1.165, 1.54) is 0 Å². The zero-order valence-electron chi connectivity index (χ0n) is 12.1. The van der Waals surface area contributed by atoms with Gasteiger partial charge in [0.1, 0.15) is 0 Å². The number of tetrazole rings is 1. The fraction of sp³-hybridized carbons (Fsp3) is 0.462. The zero-order valence-corrected chi connectivity index (χ0v) is 13.6. The molecule has 2 N–H and O–H groups in total. The van der Waals surface area contributed by atoms with E-state index >= 15 is 0 Å². The highest BCUT2D eigenvalue weighted by atomic mass is 35.5. The number of ether oxygens (including phenoxy) is 1. The number of nitrogens with two attached hydrogens (primary N) is 1. The highest BCUT2D eigenvalue weighted by Crippen LogP contribution is 2.33. The number of nitrogen functional groups attached to an aromatic ring is 1. The molecule has 1 aromatic carbocycles. The van der Waals surface area contributed by atoms with Gasteiger partial charge in [0.05, 0.1) is 27.9 Å². The summed E-state index contributed by atoms with van der Waals surface area (Å²) in [5.74, 6) is 0.563. The lowest BCUT2D eigenvalue weighted by molar-refractivity contribution is -0.0246. The second-order valence-electron chi connectivity index (χ2n) is 5.21. The van der Waals surface area contributed by atoms with E-state index in [0.717, 1.165) is 0 Å². The molecule has 0 saturated carbocycles. The second-order valence-corrected chi connectivity index (χ2v) is 6.00. The molecule has 0 amide bonds. The summed E-state index contributed by atoms with van der Waals surface area (Å²) in [4.78, 5) is 0. The van der Waals surface area contributed by atoms with Crippen molar-refractivity contribution in [3.8, 4) is 11.4 Å². The number of aromatic nitrogens is 4. The van der Waals surface area contributed by atoms with Crippen LogP contribution >= 0.6 is 23.2 Å². The van der Waals surface area contributed by atoms with Crippen molar-refractivity contribution in [3.63, 3.8) is 0 Å². The first-order valence-electron chi connectivity index (χ1n) is 6.49. The molecular formula is C13H17Cl2N5O. The van der Waals surface area contributed by atoms with Crippen LogP contribution in [0.5, 0.6) is 0 Å². The van der Waals surface area contributed by atoms with E-state index in [9.17, 15) is 0 Å². The van der Waals surface area contributed by atoms with E-state index in [2.05, 4.69) is 15.5 Å². The summed E-state index contributed by atoms with van der Waals surface area (Å²) in [6, 6.07) is 3.39. The minimum Gasteiger partial charge on any atom is -0.397 e. The minimum atomic E-state index is -0.388. The van der Waals surface area contributed by atoms with Crippen molar-refractivity contribution in [3.05, 3.63) is 22.2 Å². The average molecular weight is 330 g/mol. The van der Waals surface area contributed by atoms with Crippen LogP contribution in [-0.4, -0.2) is 32.4 Å². The van der Waals surface area contributed by atoms with Crippen LogP contribution in [0.2, 0.25) is 10.0 Å². The molecule has 114 valence electrons. The fourth-order valence-electron chi connectivity index (χ4n) is 2.05. The van der Waals surface area contributed by atoms with Crippen molar-refractivity contribution < 1.29 is 4.74 Å². The van der Waals surface area contributed by atoms with Gasteiger partial charge < -0.3 is 10.5 Å². The maximum atomic E-state index is 6.06. The molecular weight excluding hydrogens is 313 g/mol. The summed E-state index contributed by atoms with van der Waals surface area (Å²) in [7, 11) is 0. The van der Waals surface area contributed by atoms with E-state index in [4.69, 9.17) is 33.7 Å². The fourth-order valence-corrected chi connectivity index (χ4v) is 2.39. The van der Waals surface area contributed by atoms with E-state index in [0.29, 0.717) is 40.3 Å². The number of rotatable bonds is 5. The summed E-state index contributed by atoms with van der Waals surface area (Å²) in [6.07, 6.45) is 0. The predicted molar refractivity (Wildman–Crippen MR) is 83.4 cm³/mol. The Balaban J connectivity index is 2.37. The zero-order chi connectivity index (χ0) is 15.6. The lowest BCUT2D eigenvalue weighted by atomic mass is 10.1. The summed E-state index contributed by atoms with van der Waals surface area (Å²) in [6.45, 7) is 7.02. The molecule has 0 atom stereocenters. The van der Waals surface area contributed by atoms with Crippen molar-refractivity contribution in [1.29, 1.82) is 0 Å². The Morgan fingerprint density at radius 2 is 2.05 bits per heavy atom. The van der Waals surface area contributed by atoms with Gasteiger partial charge in [-0.15, -0.1) is 5.10 Å². The first kappa shape index (κ1) is 16.0. The number of hydrogen-bond acceptors (Lipinski definition) is 5. The summed E-state index contributed by atoms with van der Waals surface area (Å²) in [5, 5.41) is 12.4. The molecule has 1 heterocycles. The molecule has 0 aliphatic heterocycles. The summed E-state index contributed by atoms with van der Waals surface area (Å²) in [5.41, 5.74) is 6.54. The standard InChI is InChI=1S/C13H17Cl2N5O/c1-4-21-13(2,3)7-20-12(17-18-19-20)8-5-9(14)11(15)10(16)6-8/h5-6H,4,7,16H2,1-3H3. The first-order chi connectivity index (χ1) is 9.84. The van der Waals surface area contributed by atoms with Crippen LogP contribution in [-0.2, 0) is 11.3 Å². The molecule has 0 spiro atoms. The maximum Gasteiger partial charge on any atom is 0.182 e. The number of anilines is 1. The lowest BCUT2D eigenvalue weighted by Crippen LogP contribution is -2.31. The third-order valence-electron chi connectivity index (χ3n) is 2.91. The number of hydrogen-bond donors (Lipinski definition) is 1. The molecule has 0 unspecified atom stereocenters. The first-order valence-corrected chi connectivity index (χ1v) is 7.24. The second kappa shape index (κ2) is 6.17. The molecule has 0 aliphatic carbocycles. The quantitative estimate of drug-likeness (QED) is 0.853. The molecule has 0 radical (unpaired) electrons. The van der Waals surface area contributed by atoms with Crippen LogP contribution in [0.25, 0.3) is 11.4 Å². The topological polar surface area (TPSA) is 78.8 Å². The summed E-state index contributed by atoms with van der Waals surface area (Å²) >= 11 is 12.0. The van der Waals surface area contributed by atoms with Gasteiger partial charge in [0.15, 0.2) is 5.82 Å². The normalized spacial score (nSPS) is 11.9. The van der Waals surface area contributed by atoms with E-state index in [-0.39, 0.29) is 5.60 Å². The Kier molecular flexibility index (Phi) is 4.70. The molecule has 0 saturated heterocycles. The third kappa shape index (κ3) is 3.64. The minimum absolute atomic E-state index is 0.328. The molecule has 0 bridgehead atoms. The summed E-state index contributed by atoms with van der Waals surface area (Å²) < 4.78 is 7.33. The number of halogens is 2. The molecule has 6 nitrogen and oxygen atoms in total. The van der Waals surface area contributed by atoms with Crippen LogP contribution in [0.3, 0.4) is 0 Å². The van der Waals surface area contributed by atoms with E-state index < -0.39 is 0 Å². The van der Waals surface area contributed by atoms with Gasteiger partial charge in [-0.3, -0.25) is 0 Å². The Morgan fingerprint density at radius 3 is 2.67 bits per heavy atom. The molecule has 0 fully saturated rings. The largest absolute Gasteiger partial charge is 0.397 e. The molecule has 8 heteroatoms. The van der Waals surface area contributed by atoms with Crippen LogP contribution < -0.4 is 5.73 Å². The Hall–Kier alpha value is -1.37. The van der Waals surface area contributed by atoms with Crippen LogP contribution in [0, 0.1) is 0 Å². The van der Waals surface area contributed by atoms with Crippen LogP contribution in [0.4, 0.5) is 5.69 Å². The predicted octanol–water partition coefficient (Wildman–Crippen LogP) is 3.04. The molecule has 1 aromatic heterocycles. The Bertz CT molecular complexity index is 618. The average Bonchev–Trinajstić information content (AvgIpc) is 2.82. The van der Waals surface area contributed by atoms with Gasteiger partial charge in [0.25, 0.3) is 0 Å². The molecule has 2 aromatic rings. The Labute approximate surface area is 133 Å². The van der Waals surface area contributed by atoms with Gasteiger partial charge in [-0.05, 0) is 43.3 Å². The van der Waals surface area contributed by atoms with Gasteiger partial charge in [-0.25, -0.2) is 4.68 Å². The SMILES string of the molecule is CCOC(C)(C)Cn1nnnc1-c1cc(N)c(Cl)c(Cl)c1. The van der Waals surface area contributed by atoms with Crippen molar-refractivity contribution in [1.82, 2.24) is 20.2 Å². The molecule has 0 aliphatic rings. The number of benzene rings is 1. The van der Waals surface area contributed by atoms with Crippen molar-refractivity contribution >= 4 is 28.9 Å². The third-order valence-corrected chi connectivity index (χ3v) is 3.73. The smallest absolute Gasteiger partial charge is 0.182 e. The van der Waals surface area contributed by atoms with Crippen molar-refractivity contribution in [2.45, 2.75) is 32.9 Å². The van der Waals surface area contributed by atoms with E-state index in [1.54, 1.807) is 16.8 Å². The van der Waals surface area contributed by atoms with Gasteiger partial charge in [0, 0.05) is 12.2 Å². The molecule has 21 heavy (non-hydrogen) atoms. The monoisotopic (exact) mass is 329 g/mol. The van der Waals surface area contributed by atoms with E-state index in [1.807, 2.05) is 20.8 Å². The lowest BCUT2D eigenvalue weighted by Gasteiger charge is -2.24. The highest BCUT2D eigenvalue weighted by Gasteiger charge is 2.22. The van der Waals surface area contributed by atoms with Gasteiger partial charge in [-0.2, -0.15) is 0 Å². The molecule has 2 rings (SSSR count). The van der Waals surface area contributed by atoms with Gasteiger partial charge in [0.2, 0.25) is 0 Å². The van der Waals surface area contributed by atoms with Crippen LogP contribution in [0.1, 0.15) is 20.8 Å². The number of nitrogens with zero attached hydrogens (tertiary/aromatic N) is 4. The maximum absolute atomic E-state index is 6.06.